The van der Waals surface area contributed by atoms with Gasteiger partial charge in [-0.1, -0.05) is 13.0 Å². The predicted octanol–water partition coefficient (Wildman–Crippen LogP) is 2.35. The summed E-state index contributed by atoms with van der Waals surface area (Å²) in [4.78, 5) is 24.7. The lowest BCUT2D eigenvalue weighted by Gasteiger charge is -2.24. The van der Waals surface area contributed by atoms with Crippen LogP contribution < -0.4 is 10.2 Å². The van der Waals surface area contributed by atoms with Crippen LogP contribution in [0.5, 0.6) is 5.75 Å². The molecule has 1 aromatic carbocycles. The molecule has 0 aliphatic carbocycles. The van der Waals surface area contributed by atoms with Crippen molar-refractivity contribution >= 4 is 17.7 Å². The van der Waals surface area contributed by atoms with Crippen LogP contribution in [-0.4, -0.2) is 35.3 Å². The van der Waals surface area contributed by atoms with Crippen molar-refractivity contribution in [2.45, 2.75) is 27.2 Å². The fraction of sp³-hybridized carbons (Fsp3) is 0.467. The number of aliphatic carboxylic acids is 1. The highest BCUT2D eigenvalue weighted by molar-refractivity contribution is 5.93. The Labute approximate surface area is 124 Å². The molecular weight excluding hydrogens is 272 g/mol. The molecule has 0 fully saturated rings. The number of phenolic OH excluding ortho intramolecular Hbond substituents is 1. The van der Waals surface area contributed by atoms with Crippen LogP contribution in [0, 0.1) is 12.8 Å². The number of hydrogen-bond acceptors (Lipinski definition) is 3. The first-order valence-electron chi connectivity index (χ1n) is 6.98. The molecule has 1 atom stereocenters. The number of carboxylic acids is 1. The zero-order valence-corrected chi connectivity index (χ0v) is 12.6. The van der Waals surface area contributed by atoms with Crippen LogP contribution in [0.4, 0.5) is 10.5 Å². The molecule has 0 aliphatic heterocycles. The van der Waals surface area contributed by atoms with Crippen LogP contribution in [0.25, 0.3) is 0 Å². The normalized spacial score (nSPS) is 11.8. The van der Waals surface area contributed by atoms with E-state index >= 15 is 0 Å². The van der Waals surface area contributed by atoms with Crippen LogP contribution in [0.1, 0.15) is 25.8 Å². The predicted molar refractivity (Wildman–Crippen MR) is 80.7 cm³/mol. The van der Waals surface area contributed by atoms with Gasteiger partial charge in [0.2, 0.25) is 0 Å². The SMILES string of the molecule is CCC(CNC(=O)N(CC)c1cc(O)ccc1C)C(=O)O. The molecule has 0 spiro atoms. The number of hydrogen-bond donors (Lipinski definition) is 3. The van der Waals surface area contributed by atoms with Gasteiger partial charge < -0.3 is 15.5 Å². The largest absolute Gasteiger partial charge is 0.508 e. The molecule has 0 bridgehead atoms. The van der Waals surface area contributed by atoms with Crippen LogP contribution in [0.15, 0.2) is 18.2 Å². The molecule has 6 nitrogen and oxygen atoms in total. The van der Waals surface area contributed by atoms with Crippen LogP contribution in [0.2, 0.25) is 0 Å². The highest BCUT2D eigenvalue weighted by atomic mass is 16.4. The number of nitrogens with zero attached hydrogens (tertiary/aromatic N) is 1. The van der Waals surface area contributed by atoms with Crippen molar-refractivity contribution < 1.29 is 19.8 Å². The van der Waals surface area contributed by atoms with Crippen LogP contribution >= 0.6 is 0 Å². The Balaban J connectivity index is 2.82. The number of carbonyl (C=O) groups excluding carboxylic acids is 1. The Bertz CT molecular complexity index is 516. The van der Waals surface area contributed by atoms with Crippen LogP contribution in [-0.2, 0) is 4.79 Å². The molecule has 0 aromatic heterocycles. The summed E-state index contributed by atoms with van der Waals surface area (Å²) in [7, 11) is 0. The van der Waals surface area contributed by atoms with Gasteiger partial charge in [-0.15, -0.1) is 0 Å². The number of amides is 2. The lowest BCUT2D eigenvalue weighted by atomic mass is 10.1. The topological polar surface area (TPSA) is 89.9 Å². The maximum Gasteiger partial charge on any atom is 0.321 e. The summed E-state index contributed by atoms with van der Waals surface area (Å²) in [5, 5.41) is 21.2. The number of aryl methyl sites for hydroxylation is 1. The number of nitrogens with one attached hydrogen (secondary N) is 1. The summed E-state index contributed by atoms with van der Waals surface area (Å²) in [5.41, 5.74) is 1.47. The molecule has 1 aromatic rings. The van der Waals surface area contributed by atoms with E-state index in [1.807, 2.05) is 13.8 Å². The third kappa shape index (κ3) is 4.37. The van der Waals surface area contributed by atoms with E-state index in [-0.39, 0.29) is 18.3 Å². The minimum atomic E-state index is -0.922. The Morgan fingerprint density at radius 1 is 1.33 bits per heavy atom. The van der Waals surface area contributed by atoms with Crippen molar-refractivity contribution in [3.8, 4) is 5.75 Å². The summed E-state index contributed by atoms with van der Waals surface area (Å²) in [6.45, 7) is 5.93. The molecular formula is C15H22N2O4. The molecule has 6 heteroatoms. The van der Waals surface area contributed by atoms with Gasteiger partial charge in [-0.25, -0.2) is 4.79 Å². The molecule has 0 saturated carbocycles. The maximum atomic E-state index is 12.2. The van der Waals surface area contributed by atoms with Crippen molar-refractivity contribution in [2.24, 2.45) is 5.92 Å². The maximum absolute atomic E-state index is 12.2. The molecule has 0 radical (unpaired) electrons. The second kappa shape index (κ2) is 7.52. The number of carboxylic acid groups (broad SMARTS) is 1. The molecule has 116 valence electrons. The van der Waals surface area contributed by atoms with Gasteiger partial charge in [-0.2, -0.15) is 0 Å². The molecule has 1 rings (SSSR count). The van der Waals surface area contributed by atoms with Crippen molar-refractivity contribution in [1.82, 2.24) is 5.32 Å². The average molecular weight is 294 g/mol. The first-order valence-corrected chi connectivity index (χ1v) is 6.98. The van der Waals surface area contributed by atoms with Gasteiger partial charge in [-0.3, -0.25) is 9.69 Å². The minimum absolute atomic E-state index is 0.0822. The highest BCUT2D eigenvalue weighted by Gasteiger charge is 2.20. The van der Waals surface area contributed by atoms with E-state index < -0.39 is 11.9 Å². The van der Waals surface area contributed by atoms with Gasteiger partial charge in [0.15, 0.2) is 0 Å². The quantitative estimate of drug-likeness (QED) is 0.751. The van der Waals surface area contributed by atoms with Gasteiger partial charge in [0.25, 0.3) is 0 Å². The standard InChI is InChI=1S/C15H22N2O4/c1-4-11(14(19)20)9-16-15(21)17(5-2)13-8-12(18)7-6-10(13)3/h6-8,11,18H,4-5,9H2,1-3H3,(H,16,21)(H,19,20). The Morgan fingerprint density at radius 2 is 2.00 bits per heavy atom. The van der Waals surface area contributed by atoms with Gasteiger partial charge in [-0.05, 0) is 31.9 Å². The minimum Gasteiger partial charge on any atom is -0.508 e. The number of anilines is 1. The number of rotatable bonds is 6. The number of benzene rings is 1. The molecule has 21 heavy (non-hydrogen) atoms. The van der Waals surface area contributed by atoms with Crippen molar-refractivity contribution in [2.75, 3.05) is 18.0 Å². The zero-order valence-electron chi connectivity index (χ0n) is 12.6. The number of carbonyl (C=O) groups is 2. The van der Waals surface area contributed by atoms with Gasteiger partial charge >= 0.3 is 12.0 Å². The molecule has 0 aliphatic rings. The number of phenols is 1. The van der Waals surface area contributed by atoms with E-state index in [4.69, 9.17) is 5.11 Å². The van der Waals surface area contributed by atoms with Gasteiger partial charge in [0.1, 0.15) is 5.75 Å². The molecule has 0 heterocycles. The van der Waals surface area contributed by atoms with E-state index in [0.29, 0.717) is 18.7 Å². The summed E-state index contributed by atoms with van der Waals surface area (Å²) in [6.07, 6.45) is 0.451. The lowest BCUT2D eigenvalue weighted by molar-refractivity contribution is -0.141. The molecule has 0 saturated heterocycles. The fourth-order valence-electron chi connectivity index (χ4n) is 2.02. The van der Waals surface area contributed by atoms with Crippen molar-refractivity contribution in [3.63, 3.8) is 0 Å². The second-order valence-electron chi connectivity index (χ2n) is 4.84. The van der Waals surface area contributed by atoms with E-state index in [9.17, 15) is 14.7 Å². The Kier molecular flexibility index (Phi) is 6.02. The lowest BCUT2D eigenvalue weighted by Crippen LogP contribution is -2.43. The zero-order chi connectivity index (χ0) is 16.0. The van der Waals surface area contributed by atoms with Gasteiger partial charge in [0, 0.05) is 19.2 Å². The first-order chi connectivity index (χ1) is 9.90. The van der Waals surface area contributed by atoms with E-state index in [0.717, 1.165) is 5.56 Å². The summed E-state index contributed by atoms with van der Waals surface area (Å²) in [5.74, 6) is -1.44. The molecule has 3 N–H and O–H groups in total. The summed E-state index contributed by atoms with van der Waals surface area (Å²) >= 11 is 0. The molecule has 2 amide bonds. The van der Waals surface area contributed by atoms with Crippen molar-refractivity contribution in [3.05, 3.63) is 23.8 Å². The average Bonchev–Trinajstić information content (AvgIpc) is 2.43. The monoisotopic (exact) mass is 294 g/mol. The summed E-state index contributed by atoms with van der Waals surface area (Å²) < 4.78 is 0. The van der Waals surface area contributed by atoms with E-state index in [1.54, 1.807) is 19.1 Å². The first kappa shape index (κ1) is 16.8. The smallest absolute Gasteiger partial charge is 0.321 e. The third-order valence-corrected chi connectivity index (χ3v) is 3.39. The number of urea groups is 1. The third-order valence-electron chi connectivity index (χ3n) is 3.39. The van der Waals surface area contributed by atoms with E-state index in [2.05, 4.69) is 5.32 Å². The Hall–Kier alpha value is -2.24. The second-order valence-corrected chi connectivity index (χ2v) is 4.84. The number of aromatic hydroxyl groups is 1. The summed E-state index contributed by atoms with van der Waals surface area (Å²) in [6, 6.07) is 4.44. The fourth-order valence-corrected chi connectivity index (χ4v) is 2.02. The van der Waals surface area contributed by atoms with Gasteiger partial charge in [0.05, 0.1) is 11.6 Å². The molecule has 1 unspecified atom stereocenters. The highest BCUT2D eigenvalue weighted by Crippen LogP contribution is 2.24. The van der Waals surface area contributed by atoms with E-state index in [1.165, 1.54) is 11.0 Å². The van der Waals surface area contributed by atoms with Crippen LogP contribution in [0.3, 0.4) is 0 Å². The Morgan fingerprint density at radius 3 is 2.52 bits per heavy atom. The van der Waals surface area contributed by atoms with Crippen molar-refractivity contribution in [1.29, 1.82) is 0 Å².